The number of hydrogen-bond donors (Lipinski definition) is 1. The molecule has 17 heavy (non-hydrogen) atoms. The molecule has 1 atom stereocenters. The van der Waals surface area contributed by atoms with Crippen LogP contribution in [-0.2, 0) is 0 Å². The first-order chi connectivity index (χ1) is 8.16. The molecule has 0 aromatic heterocycles. The van der Waals surface area contributed by atoms with Crippen molar-refractivity contribution in [1.82, 2.24) is 0 Å². The van der Waals surface area contributed by atoms with Gasteiger partial charge in [-0.25, -0.2) is 0 Å². The normalized spacial score (nSPS) is 18.3. The van der Waals surface area contributed by atoms with Crippen molar-refractivity contribution in [2.45, 2.75) is 38.6 Å². The number of nitrogens with two attached hydrogens (primary N) is 1. The summed E-state index contributed by atoms with van der Waals surface area (Å²) >= 11 is 3.54. The molecule has 1 aromatic rings. The molecule has 94 valence electrons. The van der Waals surface area contributed by atoms with E-state index in [1.54, 1.807) is 0 Å². The minimum absolute atomic E-state index is 0.0650. The van der Waals surface area contributed by atoms with Crippen LogP contribution >= 0.6 is 15.9 Å². The maximum Gasteiger partial charge on any atom is 0.133 e. The lowest BCUT2D eigenvalue weighted by molar-refractivity contribution is 0.250. The number of rotatable bonds is 4. The molecule has 2 nitrogen and oxygen atoms in total. The Morgan fingerprint density at radius 3 is 2.71 bits per heavy atom. The summed E-state index contributed by atoms with van der Waals surface area (Å²) in [5.41, 5.74) is 6.97. The SMILES string of the molecule is C[C@@H](N)c1ccc(OCC2CCCC2)c(Br)c1. The minimum Gasteiger partial charge on any atom is -0.492 e. The summed E-state index contributed by atoms with van der Waals surface area (Å²) in [5.74, 6) is 1.68. The maximum absolute atomic E-state index is 5.87. The van der Waals surface area contributed by atoms with Crippen molar-refractivity contribution in [3.63, 3.8) is 0 Å². The molecule has 0 amide bonds. The molecule has 0 heterocycles. The first kappa shape index (κ1) is 12.9. The highest BCUT2D eigenvalue weighted by atomic mass is 79.9. The third kappa shape index (κ3) is 3.46. The molecule has 0 spiro atoms. The zero-order valence-electron chi connectivity index (χ0n) is 10.3. The lowest BCUT2D eigenvalue weighted by Gasteiger charge is -2.14. The molecule has 0 radical (unpaired) electrons. The molecule has 1 saturated carbocycles. The van der Waals surface area contributed by atoms with Gasteiger partial charge in [-0.15, -0.1) is 0 Å². The Kier molecular flexibility index (Phi) is 4.46. The number of hydrogen-bond acceptors (Lipinski definition) is 2. The Morgan fingerprint density at radius 2 is 2.12 bits per heavy atom. The summed E-state index contributed by atoms with van der Waals surface area (Å²) < 4.78 is 6.87. The molecular weight excluding hydrogens is 278 g/mol. The van der Waals surface area contributed by atoms with E-state index in [4.69, 9.17) is 10.5 Å². The second-order valence-corrected chi connectivity index (χ2v) is 5.79. The van der Waals surface area contributed by atoms with Crippen molar-refractivity contribution < 1.29 is 4.74 Å². The Labute approximate surface area is 112 Å². The van der Waals surface area contributed by atoms with E-state index in [-0.39, 0.29) is 6.04 Å². The summed E-state index contributed by atoms with van der Waals surface area (Å²) in [6.45, 7) is 2.83. The van der Waals surface area contributed by atoms with Crippen LogP contribution in [0.4, 0.5) is 0 Å². The van der Waals surface area contributed by atoms with E-state index in [0.29, 0.717) is 0 Å². The van der Waals surface area contributed by atoms with Crippen LogP contribution in [0, 0.1) is 5.92 Å². The predicted molar refractivity (Wildman–Crippen MR) is 74.2 cm³/mol. The van der Waals surface area contributed by atoms with Crippen LogP contribution in [0.15, 0.2) is 22.7 Å². The van der Waals surface area contributed by atoms with E-state index < -0.39 is 0 Å². The molecule has 1 fully saturated rings. The van der Waals surface area contributed by atoms with E-state index in [2.05, 4.69) is 22.0 Å². The fraction of sp³-hybridized carbons (Fsp3) is 0.571. The van der Waals surface area contributed by atoms with Gasteiger partial charge in [0, 0.05) is 6.04 Å². The monoisotopic (exact) mass is 297 g/mol. The topological polar surface area (TPSA) is 35.2 Å². The smallest absolute Gasteiger partial charge is 0.133 e. The van der Waals surface area contributed by atoms with Gasteiger partial charge < -0.3 is 10.5 Å². The van der Waals surface area contributed by atoms with E-state index in [0.717, 1.165) is 28.3 Å². The Morgan fingerprint density at radius 1 is 1.41 bits per heavy atom. The molecule has 2 rings (SSSR count). The average Bonchev–Trinajstić information content (AvgIpc) is 2.80. The third-order valence-corrected chi connectivity index (χ3v) is 4.05. The summed E-state index contributed by atoms with van der Waals surface area (Å²) in [6.07, 6.45) is 5.35. The quantitative estimate of drug-likeness (QED) is 0.910. The molecule has 1 aliphatic rings. The van der Waals surface area contributed by atoms with Gasteiger partial charge in [0.25, 0.3) is 0 Å². The van der Waals surface area contributed by atoms with Gasteiger partial charge in [-0.3, -0.25) is 0 Å². The predicted octanol–water partition coefficient (Wildman–Crippen LogP) is 4.04. The van der Waals surface area contributed by atoms with Crippen LogP contribution in [-0.4, -0.2) is 6.61 Å². The van der Waals surface area contributed by atoms with Gasteiger partial charge in [-0.1, -0.05) is 18.9 Å². The molecule has 3 heteroatoms. The first-order valence-corrected chi connectivity index (χ1v) is 7.14. The van der Waals surface area contributed by atoms with Crippen molar-refractivity contribution in [3.8, 4) is 5.75 Å². The van der Waals surface area contributed by atoms with Crippen LogP contribution in [0.1, 0.15) is 44.2 Å². The highest BCUT2D eigenvalue weighted by Crippen LogP contribution is 2.30. The first-order valence-electron chi connectivity index (χ1n) is 6.34. The summed E-state index contributed by atoms with van der Waals surface area (Å²) in [6, 6.07) is 6.17. The summed E-state index contributed by atoms with van der Waals surface area (Å²) in [4.78, 5) is 0. The lowest BCUT2D eigenvalue weighted by Crippen LogP contribution is -2.09. The summed E-state index contributed by atoms with van der Waals surface area (Å²) in [5, 5.41) is 0. The molecule has 0 saturated heterocycles. The molecular formula is C14H20BrNO. The highest BCUT2D eigenvalue weighted by Gasteiger charge is 2.16. The van der Waals surface area contributed by atoms with E-state index in [9.17, 15) is 0 Å². The number of benzene rings is 1. The van der Waals surface area contributed by atoms with Crippen molar-refractivity contribution in [1.29, 1.82) is 0 Å². The molecule has 2 N–H and O–H groups in total. The van der Waals surface area contributed by atoms with E-state index in [1.807, 2.05) is 19.1 Å². The van der Waals surface area contributed by atoms with Crippen LogP contribution in [0.5, 0.6) is 5.75 Å². The van der Waals surface area contributed by atoms with Crippen molar-refractivity contribution in [3.05, 3.63) is 28.2 Å². The molecule has 0 unspecified atom stereocenters. The second-order valence-electron chi connectivity index (χ2n) is 4.94. The fourth-order valence-electron chi connectivity index (χ4n) is 2.30. The maximum atomic E-state index is 5.87. The average molecular weight is 298 g/mol. The van der Waals surface area contributed by atoms with Gasteiger partial charge >= 0.3 is 0 Å². The Balaban J connectivity index is 1.96. The standard InChI is InChI=1S/C14H20BrNO/c1-10(16)12-6-7-14(13(15)8-12)17-9-11-4-2-3-5-11/h6-8,10-11H,2-5,9,16H2,1H3/t10-/m1/s1. The Hall–Kier alpha value is -0.540. The van der Waals surface area contributed by atoms with Crippen LogP contribution in [0.3, 0.4) is 0 Å². The fourth-order valence-corrected chi connectivity index (χ4v) is 2.81. The van der Waals surface area contributed by atoms with Gasteiger partial charge in [0.05, 0.1) is 11.1 Å². The number of ether oxygens (including phenoxy) is 1. The largest absolute Gasteiger partial charge is 0.492 e. The van der Waals surface area contributed by atoms with E-state index >= 15 is 0 Å². The lowest BCUT2D eigenvalue weighted by atomic mass is 10.1. The van der Waals surface area contributed by atoms with Crippen LogP contribution < -0.4 is 10.5 Å². The van der Waals surface area contributed by atoms with Crippen LogP contribution in [0.25, 0.3) is 0 Å². The van der Waals surface area contributed by atoms with Gasteiger partial charge in [0.15, 0.2) is 0 Å². The minimum atomic E-state index is 0.0650. The van der Waals surface area contributed by atoms with Crippen molar-refractivity contribution in [2.24, 2.45) is 11.7 Å². The molecule has 1 aliphatic carbocycles. The van der Waals surface area contributed by atoms with Crippen molar-refractivity contribution >= 4 is 15.9 Å². The van der Waals surface area contributed by atoms with Gasteiger partial charge in [0.1, 0.15) is 5.75 Å². The molecule has 0 aliphatic heterocycles. The second kappa shape index (κ2) is 5.87. The van der Waals surface area contributed by atoms with Gasteiger partial charge in [-0.05, 0) is 59.3 Å². The highest BCUT2D eigenvalue weighted by molar-refractivity contribution is 9.10. The van der Waals surface area contributed by atoms with Gasteiger partial charge in [0.2, 0.25) is 0 Å². The van der Waals surface area contributed by atoms with Crippen molar-refractivity contribution in [2.75, 3.05) is 6.61 Å². The zero-order valence-corrected chi connectivity index (χ0v) is 11.9. The van der Waals surface area contributed by atoms with Crippen LogP contribution in [0.2, 0.25) is 0 Å². The Bertz CT molecular complexity index is 372. The van der Waals surface area contributed by atoms with Gasteiger partial charge in [-0.2, -0.15) is 0 Å². The van der Waals surface area contributed by atoms with E-state index in [1.165, 1.54) is 25.7 Å². The zero-order chi connectivity index (χ0) is 12.3. The third-order valence-electron chi connectivity index (χ3n) is 3.43. The molecule has 1 aromatic carbocycles. The molecule has 0 bridgehead atoms. The summed E-state index contributed by atoms with van der Waals surface area (Å²) in [7, 11) is 0. The number of halogens is 1.